The number of halogens is 2. The molecule has 2 rings (SSSR count). The molecule has 0 aliphatic heterocycles. The minimum absolute atomic E-state index is 0.0289. The Kier molecular flexibility index (Phi) is 3.83. The minimum atomic E-state index is -0.186. The number of hydrogen-bond acceptors (Lipinski definition) is 2. The van der Waals surface area contributed by atoms with E-state index in [-0.39, 0.29) is 11.5 Å². The second-order valence-electron chi connectivity index (χ2n) is 5.24. The standard InChI is InChI=1S/C13H17BrClNO/c1-13(2)11(6-12(13)17)16-7-8-3-4-9(15)5-10(8)14/h3-5,11-12,16-17H,6-7H2,1-2H3. The lowest BCUT2D eigenvalue weighted by atomic mass is 9.64. The van der Waals surface area contributed by atoms with Crippen molar-refractivity contribution in [3.63, 3.8) is 0 Å². The molecule has 1 aromatic carbocycles. The summed E-state index contributed by atoms with van der Waals surface area (Å²) >= 11 is 9.40. The average Bonchev–Trinajstić information content (AvgIpc) is 2.26. The van der Waals surface area contributed by atoms with Crippen molar-refractivity contribution in [3.05, 3.63) is 33.3 Å². The van der Waals surface area contributed by atoms with Crippen LogP contribution in [0.1, 0.15) is 25.8 Å². The van der Waals surface area contributed by atoms with Crippen LogP contribution in [0, 0.1) is 5.41 Å². The minimum Gasteiger partial charge on any atom is -0.392 e. The molecule has 17 heavy (non-hydrogen) atoms. The number of hydrogen-bond donors (Lipinski definition) is 2. The maximum atomic E-state index is 9.67. The molecule has 0 amide bonds. The van der Waals surface area contributed by atoms with E-state index in [2.05, 4.69) is 35.1 Å². The van der Waals surface area contributed by atoms with Crippen molar-refractivity contribution >= 4 is 27.5 Å². The van der Waals surface area contributed by atoms with Gasteiger partial charge in [0, 0.05) is 27.5 Å². The summed E-state index contributed by atoms with van der Waals surface area (Å²) < 4.78 is 1.02. The van der Waals surface area contributed by atoms with E-state index < -0.39 is 0 Å². The predicted octanol–water partition coefficient (Wildman–Crippen LogP) is 3.35. The van der Waals surface area contributed by atoms with E-state index in [0.717, 1.165) is 22.5 Å². The van der Waals surface area contributed by atoms with Gasteiger partial charge in [0.15, 0.2) is 0 Å². The van der Waals surface area contributed by atoms with Gasteiger partial charge in [0.1, 0.15) is 0 Å². The quantitative estimate of drug-likeness (QED) is 0.896. The lowest BCUT2D eigenvalue weighted by molar-refractivity contribution is -0.0730. The Morgan fingerprint density at radius 2 is 2.24 bits per heavy atom. The fraction of sp³-hybridized carbons (Fsp3) is 0.538. The predicted molar refractivity (Wildman–Crippen MR) is 74.2 cm³/mol. The zero-order valence-corrected chi connectivity index (χ0v) is 12.3. The van der Waals surface area contributed by atoms with Crippen molar-refractivity contribution in [1.82, 2.24) is 5.32 Å². The first-order chi connectivity index (χ1) is 7.91. The number of nitrogens with one attached hydrogen (secondary N) is 1. The van der Waals surface area contributed by atoms with Crippen LogP contribution in [-0.4, -0.2) is 17.3 Å². The van der Waals surface area contributed by atoms with Crippen molar-refractivity contribution in [1.29, 1.82) is 0 Å². The summed E-state index contributed by atoms with van der Waals surface area (Å²) in [6.45, 7) is 4.98. The monoisotopic (exact) mass is 317 g/mol. The average molecular weight is 319 g/mol. The van der Waals surface area contributed by atoms with Crippen LogP contribution < -0.4 is 5.32 Å². The number of aliphatic hydroxyl groups is 1. The van der Waals surface area contributed by atoms with Gasteiger partial charge in [-0.15, -0.1) is 0 Å². The second kappa shape index (κ2) is 4.88. The van der Waals surface area contributed by atoms with E-state index in [0.29, 0.717) is 6.04 Å². The molecule has 1 fully saturated rings. The van der Waals surface area contributed by atoms with Crippen LogP contribution in [0.25, 0.3) is 0 Å². The van der Waals surface area contributed by atoms with Gasteiger partial charge in [-0.1, -0.05) is 47.4 Å². The fourth-order valence-electron chi connectivity index (χ4n) is 2.15. The highest BCUT2D eigenvalue weighted by Gasteiger charge is 2.46. The van der Waals surface area contributed by atoms with E-state index in [1.54, 1.807) is 0 Å². The molecular weight excluding hydrogens is 302 g/mol. The summed E-state index contributed by atoms with van der Waals surface area (Å²) in [4.78, 5) is 0. The van der Waals surface area contributed by atoms with Crippen LogP contribution in [0.15, 0.2) is 22.7 Å². The Morgan fingerprint density at radius 3 is 2.76 bits per heavy atom. The zero-order chi connectivity index (χ0) is 12.6. The van der Waals surface area contributed by atoms with Gasteiger partial charge < -0.3 is 10.4 Å². The molecular formula is C13H17BrClNO. The third kappa shape index (κ3) is 2.68. The van der Waals surface area contributed by atoms with E-state index in [1.807, 2.05) is 18.2 Å². The van der Waals surface area contributed by atoms with E-state index in [9.17, 15) is 5.11 Å². The molecule has 94 valence electrons. The number of rotatable bonds is 3. The van der Waals surface area contributed by atoms with Crippen molar-refractivity contribution in [2.24, 2.45) is 5.41 Å². The summed E-state index contributed by atoms with van der Waals surface area (Å²) in [5.74, 6) is 0. The third-order valence-corrected chi connectivity index (χ3v) is 4.74. The largest absolute Gasteiger partial charge is 0.392 e. The van der Waals surface area contributed by atoms with Gasteiger partial charge in [-0.05, 0) is 24.1 Å². The third-order valence-electron chi connectivity index (χ3n) is 3.77. The van der Waals surface area contributed by atoms with Crippen LogP contribution >= 0.6 is 27.5 Å². The molecule has 1 aromatic rings. The number of benzene rings is 1. The van der Waals surface area contributed by atoms with Gasteiger partial charge in [0.05, 0.1) is 6.10 Å². The highest BCUT2D eigenvalue weighted by molar-refractivity contribution is 9.10. The normalized spacial score (nSPS) is 26.6. The van der Waals surface area contributed by atoms with Crippen LogP contribution in [0.3, 0.4) is 0 Å². The molecule has 0 saturated heterocycles. The summed E-state index contributed by atoms with van der Waals surface area (Å²) in [5.41, 5.74) is 1.16. The Labute approximate surface area is 115 Å². The highest BCUT2D eigenvalue weighted by atomic mass is 79.9. The molecule has 0 spiro atoms. The molecule has 0 bridgehead atoms. The van der Waals surface area contributed by atoms with Crippen LogP contribution in [0.5, 0.6) is 0 Å². The van der Waals surface area contributed by atoms with Gasteiger partial charge in [0.2, 0.25) is 0 Å². The molecule has 1 aliphatic rings. The molecule has 1 aliphatic carbocycles. The van der Waals surface area contributed by atoms with Crippen LogP contribution in [-0.2, 0) is 6.54 Å². The zero-order valence-electron chi connectivity index (χ0n) is 10.0. The Bertz CT molecular complexity index is 422. The topological polar surface area (TPSA) is 32.3 Å². The molecule has 0 radical (unpaired) electrons. The molecule has 0 aromatic heterocycles. The van der Waals surface area contributed by atoms with E-state index >= 15 is 0 Å². The molecule has 0 heterocycles. The summed E-state index contributed by atoms with van der Waals surface area (Å²) in [6, 6.07) is 6.19. The van der Waals surface area contributed by atoms with Gasteiger partial charge in [0.25, 0.3) is 0 Å². The Balaban J connectivity index is 1.95. The summed E-state index contributed by atoms with van der Waals surface area (Å²) in [5, 5.41) is 13.9. The van der Waals surface area contributed by atoms with E-state index in [1.165, 1.54) is 5.56 Å². The summed E-state index contributed by atoms with van der Waals surface area (Å²) in [6.07, 6.45) is 0.645. The molecule has 2 unspecified atom stereocenters. The van der Waals surface area contributed by atoms with Gasteiger partial charge in [-0.25, -0.2) is 0 Å². The Morgan fingerprint density at radius 1 is 1.53 bits per heavy atom. The maximum absolute atomic E-state index is 9.67. The fourth-order valence-corrected chi connectivity index (χ4v) is 2.97. The summed E-state index contributed by atoms with van der Waals surface area (Å²) in [7, 11) is 0. The molecule has 2 atom stereocenters. The maximum Gasteiger partial charge on any atom is 0.0621 e. The van der Waals surface area contributed by atoms with Crippen LogP contribution in [0.4, 0.5) is 0 Å². The SMILES string of the molecule is CC1(C)C(O)CC1NCc1ccc(Cl)cc1Br. The van der Waals surface area contributed by atoms with Crippen molar-refractivity contribution in [2.75, 3.05) is 0 Å². The first-order valence-electron chi connectivity index (χ1n) is 5.76. The lowest BCUT2D eigenvalue weighted by Crippen LogP contribution is -2.59. The first-order valence-corrected chi connectivity index (χ1v) is 6.93. The number of aliphatic hydroxyl groups excluding tert-OH is 1. The molecule has 1 saturated carbocycles. The highest BCUT2D eigenvalue weighted by Crippen LogP contribution is 2.40. The van der Waals surface area contributed by atoms with Crippen LogP contribution in [0.2, 0.25) is 5.02 Å². The molecule has 4 heteroatoms. The second-order valence-corrected chi connectivity index (χ2v) is 6.53. The smallest absolute Gasteiger partial charge is 0.0621 e. The van der Waals surface area contributed by atoms with Gasteiger partial charge in [-0.2, -0.15) is 0 Å². The molecule has 2 nitrogen and oxygen atoms in total. The van der Waals surface area contributed by atoms with Crippen molar-refractivity contribution in [3.8, 4) is 0 Å². The lowest BCUT2D eigenvalue weighted by Gasteiger charge is -2.49. The first kappa shape index (κ1) is 13.3. The van der Waals surface area contributed by atoms with E-state index in [4.69, 9.17) is 11.6 Å². The Hall–Kier alpha value is -0.0900. The van der Waals surface area contributed by atoms with Crippen molar-refractivity contribution < 1.29 is 5.11 Å². The van der Waals surface area contributed by atoms with Crippen molar-refractivity contribution in [2.45, 2.75) is 39.0 Å². The van der Waals surface area contributed by atoms with Gasteiger partial charge >= 0.3 is 0 Å². The molecule has 2 N–H and O–H groups in total. The van der Waals surface area contributed by atoms with Gasteiger partial charge in [-0.3, -0.25) is 0 Å².